The van der Waals surface area contributed by atoms with Crippen molar-refractivity contribution in [1.29, 1.82) is 0 Å². The van der Waals surface area contributed by atoms with Crippen molar-refractivity contribution in [3.63, 3.8) is 0 Å². The molecule has 0 aromatic rings. The lowest BCUT2D eigenvalue weighted by Crippen LogP contribution is -2.57. The molecule has 0 amide bonds. The summed E-state index contributed by atoms with van der Waals surface area (Å²) in [5.74, 6) is -1.02. The van der Waals surface area contributed by atoms with Crippen LogP contribution in [0, 0.1) is 16.2 Å². The molecule has 1 heterocycles. The van der Waals surface area contributed by atoms with Crippen LogP contribution in [0.4, 0.5) is 0 Å². The standard InChI is InChI=1S/C23H28O6/c1-12-14-10-13(24)11-15(14)16(21(5,27)22(12)7-8-22)28-18(26)23-9-6-20(4,17(25)29-23)19(23,2)3/h11,16,27H,6-10H2,1-5H3/t16-,20+,21-,23-/m1/s1. The van der Waals surface area contributed by atoms with Gasteiger partial charge in [-0.25, -0.2) is 4.79 Å². The van der Waals surface area contributed by atoms with E-state index in [1.807, 2.05) is 27.7 Å². The van der Waals surface area contributed by atoms with Crippen LogP contribution in [-0.2, 0) is 23.9 Å². The number of carbonyl (C=O) groups excluding carboxylic acids is 3. The largest absolute Gasteiger partial charge is 0.451 e. The van der Waals surface area contributed by atoms with Crippen molar-refractivity contribution in [1.82, 2.24) is 0 Å². The van der Waals surface area contributed by atoms with Crippen LogP contribution in [-0.4, -0.2) is 40.1 Å². The van der Waals surface area contributed by atoms with Gasteiger partial charge in [0, 0.05) is 22.8 Å². The van der Waals surface area contributed by atoms with Crippen molar-refractivity contribution in [3.05, 3.63) is 22.8 Å². The summed E-state index contributed by atoms with van der Waals surface area (Å²) >= 11 is 0. The van der Waals surface area contributed by atoms with Crippen molar-refractivity contribution in [2.75, 3.05) is 0 Å². The Kier molecular flexibility index (Phi) is 3.30. The second-order valence-corrected chi connectivity index (χ2v) is 10.5. The maximum atomic E-state index is 13.5. The Balaban J connectivity index is 1.56. The molecule has 1 aliphatic heterocycles. The molecule has 1 saturated heterocycles. The fourth-order valence-corrected chi connectivity index (χ4v) is 6.48. The van der Waals surface area contributed by atoms with Crippen molar-refractivity contribution in [2.24, 2.45) is 16.2 Å². The van der Waals surface area contributed by atoms with E-state index in [1.54, 1.807) is 6.92 Å². The second kappa shape index (κ2) is 5.02. The molecule has 2 saturated carbocycles. The molecule has 5 aliphatic rings. The SMILES string of the molecule is CC1=C2CC(=O)C=C2[C@@H](OC(=O)[C@@]23CC[C@@](C)(C(=O)O2)C3(C)C)[C@@](C)(O)C12CC2. The molecule has 0 aromatic carbocycles. The summed E-state index contributed by atoms with van der Waals surface area (Å²) in [6, 6.07) is 0. The normalized spacial score (nSPS) is 43.4. The predicted molar refractivity (Wildman–Crippen MR) is 103 cm³/mol. The van der Waals surface area contributed by atoms with E-state index in [1.165, 1.54) is 6.08 Å². The highest BCUT2D eigenvalue weighted by atomic mass is 16.6. The monoisotopic (exact) mass is 400 g/mol. The van der Waals surface area contributed by atoms with E-state index < -0.39 is 39.5 Å². The minimum absolute atomic E-state index is 0.0388. The van der Waals surface area contributed by atoms with E-state index in [0.29, 0.717) is 18.4 Å². The maximum Gasteiger partial charge on any atom is 0.351 e. The molecule has 0 aromatic heterocycles. The Morgan fingerprint density at radius 2 is 1.79 bits per heavy atom. The molecule has 5 rings (SSSR count). The van der Waals surface area contributed by atoms with Crippen LogP contribution in [0.3, 0.4) is 0 Å². The number of esters is 2. The first-order valence-corrected chi connectivity index (χ1v) is 10.5. The third-order valence-corrected chi connectivity index (χ3v) is 9.34. The van der Waals surface area contributed by atoms with E-state index in [0.717, 1.165) is 24.0 Å². The topological polar surface area (TPSA) is 89.9 Å². The van der Waals surface area contributed by atoms with Gasteiger partial charge in [-0.05, 0) is 58.1 Å². The Morgan fingerprint density at radius 3 is 2.31 bits per heavy atom. The summed E-state index contributed by atoms with van der Waals surface area (Å²) in [4.78, 5) is 38.3. The fourth-order valence-electron chi connectivity index (χ4n) is 6.48. The van der Waals surface area contributed by atoms with Crippen LogP contribution in [0.5, 0.6) is 0 Å². The van der Waals surface area contributed by atoms with Gasteiger partial charge in [0.1, 0.15) is 5.60 Å². The molecule has 3 fully saturated rings. The van der Waals surface area contributed by atoms with E-state index in [9.17, 15) is 19.5 Å². The fraction of sp³-hybridized carbons (Fsp3) is 0.696. The van der Waals surface area contributed by atoms with E-state index in [-0.39, 0.29) is 18.2 Å². The molecule has 2 bridgehead atoms. The molecule has 4 aliphatic carbocycles. The third kappa shape index (κ3) is 1.86. The van der Waals surface area contributed by atoms with Gasteiger partial charge >= 0.3 is 11.9 Å². The average molecular weight is 400 g/mol. The second-order valence-electron chi connectivity index (χ2n) is 10.5. The highest BCUT2D eigenvalue weighted by Crippen LogP contribution is 2.68. The van der Waals surface area contributed by atoms with Crippen LogP contribution in [0.25, 0.3) is 0 Å². The van der Waals surface area contributed by atoms with Gasteiger partial charge in [0.05, 0.1) is 5.41 Å². The molecule has 0 radical (unpaired) electrons. The number of aliphatic hydroxyl groups is 1. The van der Waals surface area contributed by atoms with E-state index >= 15 is 0 Å². The smallest absolute Gasteiger partial charge is 0.351 e. The lowest BCUT2D eigenvalue weighted by Gasteiger charge is -2.46. The lowest BCUT2D eigenvalue weighted by atomic mass is 9.66. The van der Waals surface area contributed by atoms with Crippen LogP contribution in [0.1, 0.15) is 66.7 Å². The first kappa shape index (κ1) is 19.0. The molecular formula is C23H28O6. The quantitative estimate of drug-likeness (QED) is 0.717. The van der Waals surface area contributed by atoms with Crippen molar-refractivity contribution >= 4 is 17.7 Å². The summed E-state index contributed by atoms with van der Waals surface area (Å²) in [5.41, 5.74) is -2.06. The number of fused-ring (bicyclic) bond motifs is 3. The lowest BCUT2D eigenvalue weighted by molar-refractivity contribution is -0.197. The highest BCUT2D eigenvalue weighted by molar-refractivity contribution is 5.99. The summed E-state index contributed by atoms with van der Waals surface area (Å²) in [7, 11) is 0. The number of rotatable bonds is 2. The van der Waals surface area contributed by atoms with Crippen LogP contribution in [0.15, 0.2) is 22.8 Å². The molecule has 1 N–H and O–H groups in total. The molecule has 6 nitrogen and oxygen atoms in total. The first-order chi connectivity index (χ1) is 13.3. The van der Waals surface area contributed by atoms with Gasteiger partial charge in [-0.1, -0.05) is 19.4 Å². The molecular weight excluding hydrogens is 372 g/mol. The molecule has 4 atom stereocenters. The zero-order chi connectivity index (χ0) is 21.2. The number of ketones is 1. The molecule has 29 heavy (non-hydrogen) atoms. The van der Waals surface area contributed by atoms with Crippen LogP contribution >= 0.6 is 0 Å². The summed E-state index contributed by atoms with van der Waals surface area (Å²) in [6.45, 7) is 9.27. The Labute approximate surface area is 170 Å². The molecule has 156 valence electrons. The van der Waals surface area contributed by atoms with Crippen molar-refractivity contribution < 1.29 is 29.0 Å². The summed E-state index contributed by atoms with van der Waals surface area (Å²) < 4.78 is 11.7. The first-order valence-electron chi connectivity index (χ1n) is 10.5. The molecule has 6 heteroatoms. The Hall–Kier alpha value is -1.95. The van der Waals surface area contributed by atoms with Gasteiger partial charge in [-0.2, -0.15) is 0 Å². The average Bonchev–Trinajstić information content (AvgIpc) is 3.29. The third-order valence-electron chi connectivity index (χ3n) is 9.34. The van der Waals surface area contributed by atoms with E-state index in [4.69, 9.17) is 9.47 Å². The highest BCUT2D eigenvalue weighted by Gasteiger charge is 2.77. The van der Waals surface area contributed by atoms with Crippen molar-refractivity contribution in [3.8, 4) is 0 Å². The Morgan fingerprint density at radius 1 is 1.14 bits per heavy atom. The van der Waals surface area contributed by atoms with Crippen LogP contribution < -0.4 is 0 Å². The number of ether oxygens (including phenoxy) is 2. The predicted octanol–water partition coefficient (Wildman–Crippen LogP) is 2.78. The van der Waals surface area contributed by atoms with Gasteiger partial charge in [-0.15, -0.1) is 0 Å². The summed E-state index contributed by atoms with van der Waals surface area (Å²) in [5, 5.41) is 11.5. The van der Waals surface area contributed by atoms with Gasteiger partial charge in [0.25, 0.3) is 0 Å². The van der Waals surface area contributed by atoms with Gasteiger partial charge in [-0.3, -0.25) is 9.59 Å². The van der Waals surface area contributed by atoms with Crippen LogP contribution in [0.2, 0.25) is 0 Å². The van der Waals surface area contributed by atoms with Gasteiger partial charge in [0.2, 0.25) is 5.60 Å². The van der Waals surface area contributed by atoms with Crippen molar-refractivity contribution in [2.45, 2.75) is 84.0 Å². The molecule has 0 unspecified atom stereocenters. The number of hydrogen-bond acceptors (Lipinski definition) is 6. The maximum absolute atomic E-state index is 13.5. The summed E-state index contributed by atoms with van der Waals surface area (Å²) in [6.07, 6.45) is 3.41. The molecule has 1 spiro atoms. The number of hydrogen-bond donors (Lipinski definition) is 1. The van der Waals surface area contributed by atoms with Gasteiger partial charge < -0.3 is 14.6 Å². The minimum atomic E-state index is -1.36. The number of allylic oxidation sites excluding steroid dienone is 1. The Bertz CT molecular complexity index is 946. The van der Waals surface area contributed by atoms with Gasteiger partial charge in [0.15, 0.2) is 11.9 Å². The number of carbonyl (C=O) groups is 3. The zero-order valence-corrected chi connectivity index (χ0v) is 17.7. The zero-order valence-electron chi connectivity index (χ0n) is 17.7. The van der Waals surface area contributed by atoms with E-state index in [2.05, 4.69) is 0 Å². The minimum Gasteiger partial charge on any atom is -0.451 e.